The molecule has 0 fully saturated rings. The van der Waals surface area contributed by atoms with Crippen LogP contribution in [-0.2, 0) is 0 Å². The lowest BCUT2D eigenvalue weighted by Crippen LogP contribution is -2.03. The fourth-order valence-electron chi connectivity index (χ4n) is 2.77. The highest BCUT2D eigenvalue weighted by molar-refractivity contribution is 6.07. The number of benzene rings is 2. The molecule has 116 valence electrons. The number of hydrogen-bond donors (Lipinski definition) is 1. The maximum atomic E-state index is 8.26. The molecular formula is C18H19N5. The Kier molecular flexibility index (Phi) is 4.92. The van der Waals surface area contributed by atoms with Crippen molar-refractivity contribution in [3.8, 4) is 0 Å². The molecule has 5 nitrogen and oxygen atoms in total. The standard InChI is InChI=1S/C18H19N5/c19-23-21-13-7-1-6-12-20-18-14-8-2-4-10-16(14)22-17-11-5-3-9-15(17)18/h2-5,8-11H,1,6-7,12-13H2,(H,20,22). The molecule has 3 aromatic rings. The molecule has 2 aromatic carbocycles. The van der Waals surface area contributed by atoms with Crippen LogP contribution in [0.15, 0.2) is 53.6 Å². The number of aromatic nitrogens is 1. The van der Waals surface area contributed by atoms with E-state index in [1.54, 1.807) is 0 Å². The molecule has 0 unspecified atom stereocenters. The van der Waals surface area contributed by atoms with E-state index in [0.717, 1.165) is 53.3 Å². The molecule has 0 spiro atoms. The van der Waals surface area contributed by atoms with E-state index in [4.69, 9.17) is 10.5 Å². The van der Waals surface area contributed by atoms with Crippen molar-refractivity contribution in [2.75, 3.05) is 18.4 Å². The van der Waals surface area contributed by atoms with E-state index in [-0.39, 0.29) is 0 Å². The first-order valence-electron chi connectivity index (χ1n) is 7.92. The van der Waals surface area contributed by atoms with E-state index in [2.05, 4.69) is 27.5 Å². The Hall–Kier alpha value is -2.78. The van der Waals surface area contributed by atoms with Crippen LogP contribution in [0.3, 0.4) is 0 Å². The topological polar surface area (TPSA) is 73.7 Å². The molecule has 0 atom stereocenters. The van der Waals surface area contributed by atoms with E-state index >= 15 is 0 Å². The molecule has 0 amide bonds. The minimum Gasteiger partial charge on any atom is -0.384 e. The summed E-state index contributed by atoms with van der Waals surface area (Å²) in [5, 5.41) is 9.45. The van der Waals surface area contributed by atoms with Gasteiger partial charge in [0.15, 0.2) is 0 Å². The van der Waals surface area contributed by atoms with Crippen molar-refractivity contribution in [1.29, 1.82) is 0 Å². The van der Waals surface area contributed by atoms with Crippen molar-refractivity contribution in [1.82, 2.24) is 4.98 Å². The third-order valence-corrected chi connectivity index (χ3v) is 3.89. The van der Waals surface area contributed by atoms with Crippen molar-refractivity contribution in [2.45, 2.75) is 19.3 Å². The number of azide groups is 1. The number of nitrogens with zero attached hydrogens (tertiary/aromatic N) is 4. The summed E-state index contributed by atoms with van der Waals surface area (Å²) in [6.45, 7) is 1.48. The summed E-state index contributed by atoms with van der Waals surface area (Å²) in [7, 11) is 0. The van der Waals surface area contributed by atoms with Crippen LogP contribution < -0.4 is 5.32 Å². The van der Waals surface area contributed by atoms with E-state index in [9.17, 15) is 0 Å². The molecule has 1 aromatic heterocycles. The number of anilines is 1. The molecule has 3 rings (SSSR count). The van der Waals surface area contributed by atoms with E-state index in [1.165, 1.54) is 0 Å². The second kappa shape index (κ2) is 7.47. The minimum atomic E-state index is 0.581. The molecule has 0 aliphatic heterocycles. The van der Waals surface area contributed by atoms with E-state index in [0.29, 0.717) is 6.54 Å². The molecule has 1 heterocycles. The number of para-hydroxylation sites is 2. The summed E-state index contributed by atoms with van der Waals surface area (Å²) in [5.74, 6) is 0. The molecule has 0 radical (unpaired) electrons. The average Bonchev–Trinajstić information content (AvgIpc) is 2.60. The maximum Gasteiger partial charge on any atom is 0.0730 e. The van der Waals surface area contributed by atoms with Gasteiger partial charge in [0.05, 0.1) is 16.7 Å². The van der Waals surface area contributed by atoms with Crippen LogP contribution >= 0.6 is 0 Å². The minimum absolute atomic E-state index is 0.581. The SMILES string of the molecule is [N-]=[N+]=NCCCCCNc1c2ccccc2nc2ccccc12. The fraction of sp³-hybridized carbons (Fsp3) is 0.278. The van der Waals surface area contributed by atoms with Crippen LogP contribution in [0.4, 0.5) is 5.69 Å². The van der Waals surface area contributed by atoms with Crippen LogP contribution in [0.25, 0.3) is 32.2 Å². The molecular weight excluding hydrogens is 286 g/mol. The molecule has 1 N–H and O–H groups in total. The zero-order valence-electron chi connectivity index (χ0n) is 12.9. The monoisotopic (exact) mass is 305 g/mol. The molecule has 0 bridgehead atoms. The first-order chi connectivity index (χ1) is 11.4. The van der Waals surface area contributed by atoms with Crippen molar-refractivity contribution in [3.05, 3.63) is 59.0 Å². The Morgan fingerprint density at radius 2 is 1.57 bits per heavy atom. The Bertz CT molecular complexity index is 798. The average molecular weight is 305 g/mol. The molecule has 0 aliphatic carbocycles. The van der Waals surface area contributed by atoms with Gasteiger partial charge in [-0.05, 0) is 30.5 Å². The summed E-state index contributed by atoms with van der Waals surface area (Å²) in [6.07, 6.45) is 3.03. The van der Waals surface area contributed by atoms with Gasteiger partial charge in [-0.2, -0.15) is 0 Å². The van der Waals surface area contributed by atoms with Crippen LogP contribution in [0.5, 0.6) is 0 Å². The van der Waals surface area contributed by atoms with Gasteiger partial charge in [-0.15, -0.1) is 0 Å². The van der Waals surface area contributed by atoms with Crippen molar-refractivity contribution >= 4 is 27.5 Å². The summed E-state index contributed by atoms with van der Waals surface area (Å²) >= 11 is 0. The summed E-state index contributed by atoms with van der Waals surface area (Å²) in [5.41, 5.74) is 11.4. The van der Waals surface area contributed by atoms with E-state index < -0.39 is 0 Å². The van der Waals surface area contributed by atoms with Gasteiger partial charge in [0, 0.05) is 28.8 Å². The number of unbranched alkanes of at least 4 members (excludes halogenated alkanes) is 2. The van der Waals surface area contributed by atoms with Crippen LogP contribution in [0, 0.1) is 0 Å². The third-order valence-electron chi connectivity index (χ3n) is 3.89. The first kappa shape index (κ1) is 15.1. The van der Waals surface area contributed by atoms with Crippen molar-refractivity contribution < 1.29 is 0 Å². The number of fused-ring (bicyclic) bond motifs is 2. The van der Waals surface area contributed by atoms with Crippen molar-refractivity contribution in [3.63, 3.8) is 0 Å². The van der Waals surface area contributed by atoms with Gasteiger partial charge in [0.2, 0.25) is 0 Å². The third kappa shape index (κ3) is 3.52. The quantitative estimate of drug-likeness (QED) is 0.212. The Morgan fingerprint density at radius 3 is 2.22 bits per heavy atom. The summed E-state index contributed by atoms with van der Waals surface area (Å²) in [4.78, 5) is 7.50. The largest absolute Gasteiger partial charge is 0.384 e. The highest BCUT2D eigenvalue weighted by Crippen LogP contribution is 2.30. The zero-order valence-corrected chi connectivity index (χ0v) is 12.9. The second-order valence-electron chi connectivity index (χ2n) is 5.46. The summed E-state index contributed by atoms with van der Waals surface area (Å²) < 4.78 is 0. The van der Waals surface area contributed by atoms with Crippen LogP contribution in [0.2, 0.25) is 0 Å². The Morgan fingerprint density at radius 1 is 0.913 bits per heavy atom. The van der Waals surface area contributed by atoms with Crippen LogP contribution in [-0.4, -0.2) is 18.1 Å². The van der Waals surface area contributed by atoms with Gasteiger partial charge in [-0.25, -0.2) is 4.98 Å². The predicted octanol–water partition coefficient (Wildman–Crippen LogP) is 5.28. The number of nitrogens with one attached hydrogen (secondary N) is 1. The highest BCUT2D eigenvalue weighted by atomic mass is 15.1. The van der Waals surface area contributed by atoms with Gasteiger partial charge >= 0.3 is 0 Å². The maximum absolute atomic E-state index is 8.26. The molecule has 23 heavy (non-hydrogen) atoms. The zero-order chi connectivity index (χ0) is 15.9. The van der Waals surface area contributed by atoms with Gasteiger partial charge < -0.3 is 5.32 Å². The first-order valence-corrected chi connectivity index (χ1v) is 7.92. The molecule has 0 saturated carbocycles. The Balaban J connectivity index is 1.78. The van der Waals surface area contributed by atoms with Gasteiger partial charge in [-0.1, -0.05) is 47.9 Å². The Labute approximate surface area is 135 Å². The lowest BCUT2D eigenvalue weighted by Gasteiger charge is -2.13. The van der Waals surface area contributed by atoms with Crippen molar-refractivity contribution in [2.24, 2.45) is 5.11 Å². The highest BCUT2D eigenvalue weighted by Gasteiger charge is 2.07. The lowest BCUT2D eigenvalue weighted by molar-refractivity contribution is 0.706. The van der Waals surface area contributed by atoms with Crippen LogP contribution in [0.1, 0.15) is 19.3 Å². The normalized spacial score (nSPS) is 10.6. The number of hydrogen-bond acceptors (Lipinski definition) is 3. The van der Waals surface area contributed by atoms with Gasteiger partial charge in [0.25, 0.3) is 0 Å². The lowest BCUT2D eigenvalue weighted by atomic mass is 10.1. The van der Waals surface area contributed by atoms with Gasteiger partial charge in [-0.3, -0.25) is 0 Å². The summed E-state index contributed by atoms with van der Waals surface area (Å²) in [6, 6.07) is 16.4. The molecule has 0 aliphatic rings. The molecule has 0 saturated heterocycles. The number of pyridine rings is 1. The second-order valence-corrected chi connectivity index (χ2v) is 5.46. The number of rotatable bonds is 7. The van der Waals surface area contributed by atoms with Gasteiger partial charge in [0.1, 0.15) is 0 Å². The molecule has 5 heteroatoms. The predicted molar refractivity (Wildman–Crippen MR) is 95.6 cm³/mol. The smallest absolute Gasteiger partial charge is 0.0730 e. The fourth-order valence-corrected chi connectivity index (χ4v) is 2.77. The van der Waals surface area contributed by atoms with E-state index in [1.807, 2.05) is 36.4 Å².